The zero-order chi connectivity index (χ0) is 13.1. The lowest BCUT2D eigenvalue weighted by molar-refractivity contribution is -0.136. The highest BCUT2D eigenvalue weighted by Crippen LogP contribution is 2.22. The molecule has 1 aromatic carbocycles. The number of imidazole rings is 1. The number of hydrogen-bond acceptors (Lipinski definition) is 2. The van der Waals surface area contributed by atoms with Gasteiger partial charge < -0.3 is 9.67 Å². The molecule has 4 nitrogen and oxygen atoms in total. The topological polar surface area (TPSA) is 55.1 Å². The molecule has 1 N–H and O–H groups in total. The maximum Gasteiger partial charge on any atom is 0.303 e. The van der Waals surface area contributed by atoms with Crippen molar-refractivity contribution in [1.82, 2.24) is 9.55 Å². The number of hydrogen-bond donors (Lipinski definition) is 1. The van der Waals surface area contributed by atoms with E-state index in [-0.39, 0.29) is 6.42 Å². The van der Waals surface area contributed by atoms with Crippen molar-refractivity contribution in [1.29, 1.82) is 0 Å². The van der Waals surface area contributed by atoms with Gasteiger partial charge in [-0.05, 0) is 18.9 Å². The second kappa shape index (κ2) is 5.04. The summed E-state index contributed by atoms with van der Waals surface area (Å²) in [7, 11) is 1.92. The molecule has 0 saturated carbocycles. The van der Waals surface area contributed by atoms with E-state index < -0.39 is 5.97 Å². The number of carbonyl (C=O) groups is 1. The first-order chi connectivity index (χ1) is 8.59. The van der Waals surface area contributed by atoms with Crippen LogP contribution in [0.4, 0.5) is 0 Å². The van der Waals surface area contributed by atoms with Crippen molar-refractivity contribution >= 4 is 5.97 Å². The second-order valence-electron chi connectivity index (χ2n) is 4.34. The maximum absolute atomic E-state index is 10.6. The van der Waals surface area contributed by atoms with E-state index in [1.807, 2.05) is 42.8 Å². The van der Waals surface area contributed by atoms with Crippen molar-refractivity contribution in [2.75, 3.05) is 0 Å². The highest BCUT2D eigenvalue weighted by molar-refractivity contribution is 5.67. The fraction of sp³-hybridized carbons (Fsp3) is 0.286. The third-order valence-corrected chi connectivity index (χ3v) is 3.07. The van der Waals surface area contributed by atoms with E-state index in [0.717, 1.165) is 22.6 Å². The van der Waals surface area contributed by atoms with Gasteiger partial charge in [-0.15, -0.1) is 0 Å². The summed E-state index contributed by atoms with van der Waals surface area (Å²) in [5.41, 5.74) is 3.19. The number of benzene rings is 1. The molecular weight excluding hydrogens is 228 g/mol. The summed E-state index contributed by atoms with van der Waals surface area (Å²) in [6.07, 6.45) is 2.39. The molecule has 0 atom stereocenters. The predicted octanol–water partition coefficient (Wildman–Crippen LogP) is 2.41. The Morgan fingerprint density at radius 2 is 2.11 bits per heavy atom. The van der Waals surface area contributed by atoms with Gasteiger partial charge in [0.2, 0.25) is 0 Å². The molecule has 18 heavy (non-hydrogen) atoms. The number of nitrogens with zero attached hydrogens (tertiary/aromatic N) is 2. The summed E-state index contributed by atoms with van der Waals surface area (Å²) in [5, 5.41) is 8.70. The van der Waals surface area contributed by atoms with Crippen LogP contribution in [-0.2, 0) is 18.3 Å². The van der Waals surface area contributed by atoms with Crippen LogP contribution in [0.2, 0.25) is 0 Å². The molecule has 0 radical (unpaired) electrons. The van der Waals surface area contributed by atoms with Gasteiger partial charge in [-0.3, -0.25) is 4.79 Å². The van der Waals surface area contributed by atoms with E-state index in [0.29, 0.717) is 6.42 Å². The molecule has 1 heterocycles. The Kier molecular flexibility index (Phi) is 3.46. The van der Waals surface area contributed by atoms with Crippen LogP contribution in [0.1, 0.15) is 17.7 Å². The molecule has 0 saturated heterocycles. The Labute approximate surface area is 106 Å². The van der Waals surface area contributed by atoms with Crippen LogP contribution in [0.3, 0.4) is 0 Å². The number of carboxylic acids is 1. The van der Waals surface area contributed by atoms with Gasteiger partial charge in [0.1, 0.15) is 5.82 Å². The predicted molar refractivity (Wildman–Crippen MR) is 69.3 cm³/mol. The Hall–Kier alpha value is -2.10. The first-order valence-electron chi connectivity index (χ1n) is 5.88. The minimum Gasteiger partial charge on any atom is -0.481 e. The largest absolute Gasteiger partial charge is 0.481 e. The number of rotatable bonds is 4. The van der Waals surface area contributed by atoms with Gasteiger partial charge in [0.15, 0.2) is 0 Å². The first kappa shape index (κ1) is 12.4. The molecule has 0 spiro atoms. The Bertz CT molecular complexity index is 573. The summed E-state index contributed by atoms with van der Waals surface area (Å²) >= 11 is 0. The minimum atomic E-state index is -0.784. The molecule has 0 amide bonds. The van der Waals surface area contributed by atoms with Gasteiger partial charge in [-0.25, -0.2) is 4.98 Å². The van der Waals surface area contributed by atoms with Crippen LogP contribution in [0.25, 0.3) is 11.4 Å². The van der Waals surface area contributed by atoms with Gasteiger partial charge in [-0.1, -0.05) is 24.3 Å². The smallest absolute Gasteiger partial charge is 0.303 e. The zero-order valence-corrected chi connectivity index (χ0v) is 10.6. The van der Waals surface area contributed by atoms with E-state index in [4.69, 9.17) is 5.11 Å². The van der Waals surface area contributed by atoms with Crippen molar-refractivity contribution in [2.24, 2.45) is 7.05 Å². The third-order valence-electron chi connectivity index (χ3n) is 3.07. The lowest BCUT2D eigenvalue weighted by atomic mass is 10.1. The van der Waals surface area contributed by atoms with Crippen LogP contribution >= 0.6 is 0 Å². The van der Waals surface area contributed by atoms with E-state index >= 15 is 0 Å². The van der Waals surface area contributed by atoms with E-state index in [2.05, 4.69) is 4.98 Å². The summed E-state index contributed by atoms with van der Waals surface area (Å²) in [6, 6.07) is 8.04. The fourth-order valence-electron chi connectivity index (χ4n) is 1.99. The minimum absolute atomic E-state index is 0.132. The van der Waals surface area contributed by atoms with Crippen LogP contribution in [0.5, 0.6) is 0 Å². The maximum atomic E-state index is 10.6. The number of aryl methyl sites for hydroxylation is 2. The summed E-state index contributed by atoms with van der Waals surface area (Å²) in [6.45, 7) is 2.04. The van der Waals surface area contributed by atoms with Gasteiger partial charge in [0, 0.05) is 24.5 Å². The summed E-state index contributed by atoms with van der Waals surface area (Å²) in [5.74, 6) is 0.0992. The van der Waals surface area contributed by atoms with Crippen molar-refractivity contribution in [2.45, 2.75) is 19.8 Å². The Morgan fingerprint density at radius 3 is 2.78 bits per heavy atom. The van der Waals surface area contributed by atoms with Gasteiger partial charge in [-0.2, -0.15) is 0 Å². The molecule has 2 rings (SSSR count). The molecule has 2 aromatic rings. The molecule has 1 aromatic heterocycles. The van der Waals surface area contributed by atoms with Crippen LogP contribution in [0, 0.1) is 6.92 Å². The number of aliphatic carboxylic acids is 1. The standard InChI is InChI=1S/C14H16N2O2/c1-10-5-3-4-6-12(10)14-15-9-11(16(14)2)7-8-13(17)18/h3-6,9H,7-8H2,1-2H3,(H,17,18). The van der Waals surface area contributed by atoms with Crippen LogP contribution < -0.4 is 0 Å². The molecule has 0 aliphatic carbocycles. The Balaban J connectivity index is 2.31. The fourth-order valence-corrected chi connectivity index (χ4v) is 1.99. The highest BCUT2D eigenvalue weighted by atomic mass is 16.4. The molecule has 0 fully saturated rings. The Morgan fingerprint density at radius 1 is 1.39 bits per heavy atom. The summed E-state index contributed by atoms with van der Waals surface area (Å²) in [4.78, 5) is 15.0. The van der Waals surface area contributed by atoms with E-state index in [1.165, 1.54) is 0 Å². The van der Waals surface area contributed by atoms with Crippen LogP contribution in [0.15, 0.2) is 30.5 Å². The van der Waals surface area contributed by atoms with Crippen molar-refractivity contribution in [3.63, 3.8) is 0 Å². The molecule has 0 aliphatic heterocycles. The first-order valence-corrected chi connectivity index (χ1v) is 5.88. The molecule has 0 aliphatic rings. The lowest BCUT2D eigenvalue weighted by Crippen LogP contribution is -2.03. The average Bonchev–Trinajstić information content (AvgIpc) is 2.69. The average molecular weight is 244 g/mol. The SMILES string of the molecule is Cc1ccccc1-c1ncc(CCC(=O)O)n1C. The lowest BCUT2D eigenvalue weighted by Gasteiger charge is -2.07. The van der Waals surface area contributed by atoms with Crippen molar-refractivity contribution in [3.05, 3.63) is 41.7 Å². The van der Waals surface area contributed by atoms with E-state index in [9.17, 15) is 4.79 Å². The molecule has 0 bridgehead atoms. The quantitative estimate of drug-likeness (QED) is 0.898. The normalized spacial score (nSPS) is 10.6. The molecule has 4 heteroatoms. The van der Waals surface area contributed by atoms with Gasteiger partial charge in [0.25, 0.3) is 0 Å². The van der Waals surface area contributed by atoms with E-state index in [1.54, 1.807) is 6.20 Å². The summed E-state index contributed by atoms with van der Waals surface area (Å²) < 4.78 is 1.96. The highest BCUT2D eigenvalue weighted by Gasteiger charge is 2.11. The number of carboxylic acid groups (broad SMARTS) is 1. The van der Waals surface area contributed by atoms with Crippen LogP contribution in [-0.4, -0.2) is 20.6 Å². The molecule has 0 unspecified atom stereocenters. The zero-order valence-electron chi connectivity index (χ0n) is 10.6. The monoisotopic (exact) mass is 244 g/mol. The molecular formula is C14H16N2O2. The van der Waals surface area contributed by atoms with Gasteiger partial charge in [0.05, 0.1) is 6.42 Å². The number of aromatic nitrogens is 2. The van der Waals surface area contributed by atoms with Crippen molar-refractivity contribution < 1.29 is 9.90 Å². The van der Waals surface area contributed by atoms with Crippen molar-refractivity contribution in [3.8, 4) is 11.4 Å². The van der Waals surface area contributed by atoms with Gasteiger partial charge >= 0.3 is 5.97 Å². The molecule has 94 valence electrons. The second-order valence-corrected chi connectivity index (χ2v) is 4.34. The third kappa shape index (κ3) is 2.42.